The Morgan fingerprint density at radius 2 is 1.72 bits per heavy atom. The summed E-state index contributed by atoms with van der Waals surface area (Å²) in [6, 6.07) is 12.6. The van der Waals surface area contributed by atoms with Crippen molar-refractivity contribution in [2.24, 2.45) is 0 Å². The molecule has 0 N–H and O–H groups in total. The van der Waals surface area contributed by atoms with Crippen LogP contribution in [-0.4, -0.2) is 47.8 Å². The Kier molecular flexibility index (Phi) is 5.95. The number of amides is 2. The molecule has 2 aliphatic heterocycles. The molecule has 0 radical (unpaired) electrons. The number of nitrogens with zero attached hydrogens (tertiary/aromatic N) is 3. The zero-order valence-electron chi connectivity index (χ0n) is 17.7. The van der Waals surface area contributed by atoms with Gasteiger partial charge in [0.05, 0.1) is 18.0 Å². The molecule has 1 saturated heterocycles. The fraction of sp³-hybridized carbons (Fsp3) is 0.333. The van der Waals surface area contributed by atoms with E-state index in [1.165, 1.54) is 13.0 Å². The summed E-state index contributed by atoms with van der Waals surface area (Å²) in [5.41, 5.74) is 1.74. The lowest BCUT2D eigenvalue weighted by Crippen LogP contribution is -2.49. The Balaban J connectivity index is 1.43. The monoisotopic (exact) mass is 443 g/mol. The van der Waals surface area contributed by atoms with E-state index in [0.29, 0.717) is 31.9 Å². The number of carbonyl (C=O) groups is 2. The first-order valence-electron chi connectivity index (χ1n) is 10.5. The number of anilines is 1. The van der Waals surface area contributed by atoms with Crippen molar-refractivity contribution < 1.29 is 22.8 Å². The number of rotatable bonds is 3. The molecule has 2 aromatic rings. The number of alkyl halides is 3. The molecule has 8 heteroatoms. The van der Waals surface area contributed by atoms with E-state index in [1.54, 1.807) is 22.1 Å². The maximum atomic E-state index is 13.1. The van der Waals surface area contributed by atoms with Gasteiger partial charge < -0.3 is 14.7 Å². The molecule has 0 unspecified atom stereocenters. The molecule has 32 heavy (non-hydrogen) atoms. The Morgan fingerprint density at radius 3 is 2.41 bits per heavy atom. The summed E-state index contributed by atoms with van der Waals surface area (Å²) >= 11 is 0. The van der Waals surface area contributed by atoms with E-state index in [1.807, 2.05) is 35.2 Å². The topological polar surface area (TPSA) is 43.9 Å². The second-order valence-electron chi connectivity index (χ2n) is 8.01. The van der Waals surface area contributed by atoms with Crippen molar-refractivity contribution in [2.75, 3.05) is 31.1 Å². The highest BCUT2D eigenvalue weighted by Gasteiger charge is 2.33. The average Bonchev–Trinajstić information content (AvgIpc) is 2.78. The highest BCUT2D eigenvalue weighted by atomic mass is 19.4. The summed E-state index contributed by atoms with van der Waals surface area (Å²) in [5.74, 6) is -0.210. The van der Waals surface area contributed by atoms with Crippen LogP contribution in [0.25, 0.3) is 6.08 Å². The number of piperazine rings is 1. The first kappa shape index (κ1) is 21.9. The standard InChI is InChI=1S/C24H24F3N3O2/c1-17(31)30-10-9-18-5-2-3-8-21(18)22(30)16-23(32)29-13-11-28(12-14-29)20-7-4-6-19(15-20)24(25,26)27/h2-10,15,22H,11-14,16H2,1H3/t22-/m1/s1. The van der Waals surface area contributed by atoms with Gasteiger partial charge >= 0.3 is 6.18 Å². The predicted octanol–water partition coefficient (Wildman–Crippen LogP) is 4.32. The minimum atomic E-state index is -4.39. The van der Waals surface area contributed by atoms with Crippen LogP contribution in [0.4, 0.5) is 18.9 Å². The molecule has 2 heterocycles. The SMILES string of the molecule is CC(=O)N1C=Cc2ccccc2[C@H]1CC(=O)N1CCN(c2cccc(C(F)(F)F)c2)CC1. The van der Waals surface area contributed by atoms with Gasteiger partial charge in [-0.25, -0.2) is 0 Å². The summed E-state index contributed by atoms with van der Waals surface area (Å²) in [6.07, 6.45) is -0.647. The maximum Gasteiger partial charge on any atom is 0.416 e. The zero-order valence-corrected chi connectivity index (χ0v) is 17.7. The number of halogens is 3. The highest BCUT2D eigenvalue weighted by Crippen LogP contribution is 2.34. The average molecular weight is 443 g/mol. The first-order chi connectivity index (χ1) is 15.2. The lowest BCUT2D eigenvalue weighted by atomic mass is 9.93. The Bertz CT molecular complexity index is 1040. The van der Waals surface area contributed by atoms with Gasteiger partial charge in [0.2, 0.25) is 11.8 Å². The fourth-order valence-electron chi connectivity index (χ4n) is 4.30. The van der Waals surface area contributed by atoms with Crippen molar-refractivity contribution in [1.29, 1.82) is 0 Å². The molecule has 2 aromatic carbocycles. The fourth-order valence-corrected chi connectivity index (χ4v) is 4.30. The Labute approximate surface area is 184 Å². The summed E-state index contributed by atoms with van der Waals surface area (Å²) in [6.45, 7) is 3.21. The molecule has 0 spiro atoms. The third-order valence-corrected chi connectivity index (χ3v) is 6.01. The summed E-state index contributed by atoms with van der Waals surface area (Å²) < 4.78 is 39.0. The van der Waals surface area contributed by atoms with Gasteiger partial charge in [-0.2, -0.15) is 13.2 Å². The zero-order chi connectivity index (χ0) is 22.9. The molecule has 1 fully saturated rings. The van der Waals surface area contributed by atoms with Crippen LogP contribution >= 0.6 is 0 Å². The van der Waals surface area contributed by atoms with Crippen LogP contribution in [-0.2, 0) is 15.8 Å². The number of fused-ring (bicyclic) bond motifs is 1. The van der Waals surface area contributed by atoms with E-state index in [0.717, 1.165) is 23.3 Å². The van der Waals surface area contributed by atoms with Crippen LogP contribution in [0, 0.1) is 0 Å². The molecule has 0 bridgehead atoms. The summed E-state index contributed by atoms with van der Waals surface area (Å²) in [7, 11) is 0. The van der Waals surface area contributed by atoms with Crippen molar-refractivity contribution in [3.05, 3.63) is 71.4 Å². The number of hydrogen-bond acceptors (Lipinski definition) is 3. The molecule has 2 aliphatic rings. The van der Waals surface area contributed by atoms with E-state index in [-0.39, 0.29) is 24.3 Å². The molecule has 168 valence electrons. The molecule has 0 saturated carbocycles. The van der Waals surface area contributed by atoms with E-state index < -0.39 is 11.7 Å². The smallest absolute Gasteiger partial charge is 0.368 e. The highest BCUT2D eigenvalue weighted by molar-refractivity contribution is 5.82. The number of hydrogen-bond donors (Lipinski definition) is 0. The van der Waals surface area contributed by atoms with Gasteiger partial charge in [0.1, 0.15) is 0 Å². The molecule has 0 aromatic heterocycles. The van der Waals surface area contributed by atoms with Crippen LogP contribution in [0.3, 0.4) is 0 Å². The first-order valence-corrected chi connectivity index (χ1v) is 10.5. The maximum absolute atomic E-state index is 13.1. The molecule has 2 amide bonds. The van der Waals surface area contributed by atoms with Crippen molar-refractivity contribution in [3.63, 3.8) is 0 Å². The van der Waals surface area contributed by atoms with E-state index in [4.69, 9.17) is 0 Å². The minimum Gasteiger partial charge on any atom is -0.368 e. The number of benzene rings is 2. The second-order valence-corrected chi connectivity index (χ2v) is 8.01. The van der Waals surface area contributed by atoms with Gasteiger partial charge in [-0.3, -0.25) is 9.59 Å². The van der Waals surface area contributed by atoms with Crippen LogP contribution in [0.1, 0.15) is 36.1 Å². The third kappa shape index (κ3) is 4.49. The summed E-state index contributed by atoms with van der Waals surface area (Å²) in [4.78, 5) is 30.4. The molecular formula is C24H24F3N3O2. The van der Waals surface area contributed by atoms with Crippen LogP contribution in [0.2, 0.25) is 0 Å². The largest absolute Gasteiger partial charge is 0.416 e. The number of carbonyl (C=O) groups excluding carboxylic acids is 2. The van der Waals surface area contributed by atoms with Crippen molar-refractivity contribution >= 4 is 23.6 Å². The predicted molar refractivity (Wildman–Crippen MR) is 116 cm³/mol. The van der Waals surface area contributed by atoms with Crippen LogP contribution in [0.15, 0.2) is 54.7 Å². The quantitative estimate of drug-likeness (QED) is 0.710. The normalized spacial score (nSPS) is 18.5. The van der Waals surface area contributed by atoms with Crippen molar-refractivity contribution in [2.45, 2.75) is 25.6 Å². The Hall–Kier alpha value is -3.29. The van der Waals surface area contributed by atoms with Gasteiger partial charge in [-0.05, 0) is 35.4 Å². The molecule has 5 nitrogen and oxygen atoms in total. The van der Waals surface area contributed by atoms with Crippen LogP contribution in [0.5, 0.6) is 0 Å². The van der Waals surface area contributed by atoms with E-state index >= 15 is 0 Å². The lowest BCUT2D eigenvalue weighted by Gasteiger charge is -2.38. The van der Waals surface area contributed by atoms with Crippen LogP contribution < -0.4 is 4.90 Å². The van der Waals surface area contributed by atoms with Gasteiger partial charge in [-0.1, -0.05) is 30.3 Å². The molecule has 0 aliphatic carbocycles. The van der Waals surface area contributed by atoms with Gasteiger partial charge in [-0.15, -0.1) is 0 Å². The molecular weight excluding hydrogens is 419 g/mol. The van der Waals surface area contributed by atoms with Crippen molar-refractivity contribution in [3.8, 4) is 0 Å². The van der Waals surface area contributed by atoms with E-state index in [2.05, 4.69) is 0 Å². The molecule has 1 atom stereocenters. The van der Waals surface area contributed by atoms with Gasteiger partial charge in [0, 0.05) is 45.0 Å². The lowest BCUT2D eigenvalue weighted by molar-refractivity contribution is -0.137. The van der Waals surface area contributed by atoms with E-state index in [9.17, 15) is 22.8 Å². The summed E-state index contributed by atoms with van der Waals surface area (Å²) in [5, 5.41) is 0. The minimum absolute atomic E-state index is 0.0740. The van der Waals surface area contributed by atoms with Gasteiger partial charge in [0.25, 0.3) is 0 Å². The third-order valence-electron chi connectivity index (χ3n) is 6.01. The van der Waals surface area contributed by atoms with Gasteiger partial charge in [0.15, 0.2) is 0 Å². The second kappa shape index (κ2) is 8.68. The van der Waals surface area contributed by atoms with Crippen molar-refractivity contribution in [1.82, 2.24) is 9.80 Å². The Morgan fingerprint density at radius 1 is 1.00 bits per heavy atom. The molecule has 4 rings (SSSR count).